The predicted octanol–water partition coefficient (Wildman–Crippen LogP) is 2.50. The third kappa shape index (κ3) is 8.19. The topological polar surface area (TPSA) is 153 Å². The second-order valence-electron chi connectivity index (χ2n) is 10.7. The number of pyridine rings is 1. The monoisotopic (exact) mass is 630 g/mol. The number of aryl methyl sites for hydroxylation is 2. The summed E-state index contributed by atoms with van der Waals surface area (Å²) < 4.78 is 35.5. The molecule has 0 aliphatic carbocycles. The number of ether oxygens (including phenoxy) is 1. The van der Waals surface area contributed by atoms with Crippen molar-refractivity contribution < 1.29 is 27.5 Å². The van der Waals surface area contributed by atoms with Crippen LogP contribution in [0, 0.1) is 6.92 Å². The van der Waals surface area contributed by atoms with Crippen LogP contribution < -0.4 is 10.0 Å². The zero-order chi connectivity index (χ0) is 31.8. The Morgan fingerprint density at radius 2 is 1.71 bits per heavy atom. The van der Waals surface area contributed by atoms with E-state index in [9.17, 15) is 22.8 Å². The van der Waals surface area contributed by atoms with Crippen molar-refractivity contribution in [1.29, 1.82) is 0 Å². The minimum atomic E-state index is -4.14. The molecule has 45 heavy (non-hydrogen) atoms. The molecule has 0 unspecified atom stereocenters. The van der Waals surface area contributed by atoms with E-state index in [0.29, 0.717) is 38.0 Å². The van der Waals surface area contributed by atoms with Crippen molar-refractivity contribution in [2.75, 3.05) is 19.6 Å². The number of hydrogen-bond donors (Lipinski definition) is 2. The van der Waals surface area contributed by atoms with Gasteiger partial charge in [-0.1, -0.05) is 48.0 Å². The molecule has 1 aliphatic heterocycles. The highest BCUT2D eigenvalue weighted by molar-refractivity contribution is 7.89. The van der Waals surface area contributed by atoms with E-state index in [1.54, 1.807) is 53.7 Å². The minimum Gasteiger partial charge on any atom is -0.460 e. The van der Waals surface area contributed by atoms with E-state index < -0.39 is 34.5 Å². The molecule has 0 saturated carbocycles. The van der Waals surface area contributed by atoms with Crippen LogP contribution >= 0.6 is 0 Å². The molecule has 234 valence electrons. The van der Waals surface area contributed by atoms with Gasteiger partial charge in [-0.2, -0.15) is 9.82 Å². The second-order valence-corrected chi connectivity index (χ2v) is 12.4. The van der Waals surface area contributed by atoms with Gasteiger partial charge in [0.15, 0.2) is 5.69 Å². The third-order valence-electron chi connectivity index (χ3n) is 7.34. The van der Waals surface area contributed by atoms with Crippen molar-refractivity contribution in [3.05, 3.63) is 113 Å². The highest BCUT2D eigenvalue weighted by atomic mass is 32.2. The first-order valence-electron chi connectivity index (χ1n) is 14.5. The van der Waals surface area contributed by atoms with E-state index in [-0.39, 0.29) is 28.8 Å². The van der Waals surface area contributed by atoms with Crippen molar-refractivity contribution >= 4 is 27.8 Å². The number of nitrogens with zero attached hydrogens (tertiary/aromatic N) is 4. The lowest BCUT2D eigenvalue weighted by molar-refractivity contribution is -0.146. The normalized spacial score (nSPS) is 13.9. The Labute approximate surface area is 261 Å². The molecule has 0 spiro atoms. The summed E-state index contributed by atoms with van der Waals surface area (Å²) >= 11 is 0. The molecule has 2 aromatic carbocycles. The Hall–Kier alpha value is -4.88. The lowest BCUT2D eigenvalue weighted by Gasteiger charge is -2.20. The van der Waals surface area contributed by atoms with Crippen LogP contribution in [-0.4, -0.2) is 71.5 Å². The lowest BCUT2D eigenvalue weighted by Crippen LogP contribution is -2.49. The van der Waals surface area contributed by atoms with Crippen LogP contribution in [0.1, 0.15) is 44.1 Å². The summed E-state index contributed by atoms with van der Waals surface area (Å²) in [5, 5.41) is 6.92. The lowest BCUT2D eigenvalue weighted by atomic mass is 10.2. The predicted molar refractivity (Wildman–Crippen MR) is 165 cm³/mol. The van der Waals surface area contributed by atoms with Crippen molar-refractivity contribution in [2.45, 2.75) is 43.9 Å². The smallest absolute Gasteiger partial charge is 0.326 e. The number of sulfonamides is 1. The SMILES string of the molecule is Cc1ccc(S(=O)(=O)N[C@@H](CNC(=O)c2cc3n(n2)CCCN(CCc2ccncc2)C3=O)C(=O)OCc2ccccc2)cc1. The van der Waals surface area contributed by atoms with Crippen LogP contribution in [0.25, 0.3) is 0 Å². The molecule has 3 heterocycles. The van der Waals surface area contributed by atoms with Crippen molar-refractivity contribution in [1.82, 2.24) is 29.7 Å². The van der Waals surface area contributed by atoms with Crippen LogP contribution in [0.3, 0.4) is 0 Å². The zero-order valence-corrected chi connectivity index (χ0v) is 25.6. The van der Waals surface area contributed by atoms with Crippen molar-refractivity contribution in [2.24, 2.45) is 0 Å². The highest BCUT2D eigenvalue weighted by Crippen LogP contribution is 2.16. The van der Waals surface area contributed by atoms with E-state index in [0.717, 1.165) is 11.1 Å². The number of aromatic nitrogens is 3. The molecule has 5 rings (SSSR count). The van der Waals surface area contributed by atoms with Gasteiger partial charge in [0.05, 0.1) is 4.90 Å². The summed E-state index contributed by atoms with van der Waals surface area (Å²) in [7, 11) is -4.14. The van der Waals surface area contributed by atoms with Gasteiger partial charge in [-0.25, -0.2) is 8.42 Å². The third-order valence-corrected chi connectivity index (χ3v) is 8.83. The number of carbonyl (C=O) groups is 3. The van der Waals surface area contributed by atoms with Gasteiger partial charge < -0.3 is 15.0 Å². The fourth-order valence-corrected chi connectivity index (χ4v) is 6.02. The van der Waals surface area contributed by atoms with Gasteiger partial charge in [-0.3, -0.25) is 24.0 Å². The first-order chi connectivity index (χ1) is 21.7. The Balaban J connectivity index is 1.27. The molecule has 0 fully saturated rings. The maximum atomic E-state index is 13.3. The summed E-state index contributed by atoms with van der Waals surface area (Å²) in [5.41, 5.74) is 2.91. The van der Waals surface area contributed by atoms with Crippen molar-refractivity contribution in [3.63, 3.8) is 0 Å². The molecule has 2 amide bonds. The molecular formula is C32H34N6O6S. The molecule has 0 bridgehead atoms. The fourth-order valence-electron chi connectivity index (χ4n) is 4.83. The molecule has 0 radical (unpaired) electrons. The van der Waals surface area contributed by atoms with E-state index in [1.165, 1.54) is 22.9 Å². The van der Waals surface area contributed by atoms with Crippen molar-refractivity contribution in [3.8, 4) is 0 Å². The average Bonchev–Trinajstić information content (AvgIpc) is 3.42. The van der Waals surface area contributed by atoms with Crippen LogP contribution in [0.2, 0.25) is 0 Å². The first-order valence-corrected chi connectivity index (χ1v) is 16.0. The Bertz CT molecular complexity index is 1740. The summed E-state index contributed by atoms with van der Waals surface area (Å²) in [5.74, 6) is -1.76. The molecular weight excluding hydrogens is 596 g/mol. The molecule has 1 aliphatic rings. The Kier molecular flexibility index (Phi) is 10.0. The van der Waals surface area contributed by atoms with Gasteiger partial charge in [0, 0.05) is 44.6 Å². The summed E-state index contributed by atoms with van der Waals surface area (Å²) in [4.78, 5) is 45.3. The molecule has 4 aromatic rings. The van der Waals surface area contributed by atoms with Gasteiger partial charge >= 0.3 is 5.97 Å². The molecule has 0 saturated heterocycles. The first kappa shape index (κ1) is 31.5. The maximum absolute atomic E-state index is 13.3. The van der Waals surface area contributed by atoms with Crippen LogP contribution in [0.4, 0.5) is 0 Å². The molecule has 2 N–H and O–H groups in total. The number of fused-ring (bicyclic) bond motifs is 1. The zero-order valence-electron chi connectivity index (χ0n) is 24.8. The quantitative estimate of drug-likeness (QED) is 0.227. The largest absolute Gasteiger partial charge is 0.460 e. The van der Waals surface area contributed by atoms with E-state index in [1.807, 2.05) is 25.1 Å². The van der Waals surface area contributed by atoms with Gasteiger partial charge in [0.1, 0.15) is 18.3 Å². The van der Waals surface area contributed by atoms with Crippen LogP contribution in [-0.2, 0) is 39.1 Å². The Morgan fingerprint density at radius 3 is 2.44 bits per heavy atom. The molecule has 1 atom stereocenters. The summed E-state index contributed by atoms with van der Waals surface area (Å²) in [6, 6.07) is 18.9. The molecule has 12 nitrogen and oxygen atoms in total. The number of esters is 1. The average molecular weight is 631 g/mol. The Morgan fingerprint density at radius 1 is 0.978 bits per heavy atom. The number of benzene rings is 2. The summed E-state index contributed by atoms with van der Waals surface area (Å²) in [6.45, 7) is 2.85. The van der Waals surface area contributed by atoms with Gasteiger partial charge in [-0.15, -0.1) is 0 Å². The number of hydrogen-bond acceptors (Lipinski definition) is 8. The van der Waals surface area contributed by atoms with E-state index in [2.05, 4.69) is 20.1 Å². The van der Waals surface area contributed by atoms with Crippen LogP contribution in [0.15, 0.2) is 90.1 Å². The second kappa shape index (κ2) is 14.3. The van der Waals surface area contributed by atoms with Gasteiger partial charge in [0.25, 0.3) is 11.8 Å². The molecule has 13 heteroatoms. The van der Waals surface area contributed by atoms with Gasteiger partial charge in [0.2, 0.25) is 10.0 Å². The summed E-state index contributed by atoms with van der Waals surface area (Å²) in [6.07, 6.45) is 4.74. The highest BCUT2D eigenvalue weighted by Gasteiger charge is 2.30. The number of nitrogens with one attached hydrogen (secondary N) is 2. The number of rotatable bonds is 12. The van der Waals surface area contributed by atoms with Gasteiger partial charge in [-0.05, 0) is 55.2 Å². The van der Waals surface area contributed by atoms with E-state index in [4.69, 9.17) is 4.74 Å². The molecule has 2 aromatic heterocycles. The fraction of sp³-hybridized carbons (Fsp3) is 0.281. The number of carbonyl (C=O) groups excluding carboxylic acids is 3. The van der Waals surface area contributed by atoms with Crippen LogP contribution in [0.5, 0.6) is 0 Å². The standard InChI is InChI=1S/C32H34N6O6S/c1-23-8-10-26(11-9-23)45(42,43)36-28(32(41)44-22-25-6-3-2-4-7-25)21-34-30(39)27-20-29-31(40)37(17-5-18-38(29)35-27)19-14-24-12-15-33-16-13-24/h2-4,6-13,15-16,20,28,36H,5,14,17-19,21-22H2,1H3,(H,34,39)/t28-/m0/s1. The number of amides is 2. The minimum absolute atomic E-state index is 0.0212. The maximum Gasteiger partial charge on any atom is 0.326 e. The van der Waals surface area contributed by atoms with E-state index >= 15 is 0 Å².